The summed E-state index contributed by atoms with van der Waals surface area (Å²) >= 11 is 0. The van der Waals surface area contributed by atoms with E-state index >= 15 is 0 Å². The molecule has 0 spiro atoms. The molecule has 1 radical (unpaired) electrons. The van der Waals surface area contributed by atoms with E-state index in [4.69, 9.17) is 4.74 Å². The third kappa shape index (κ3) is 1.68. The summed E-state index contributed by atoms with van der Waals surface area (Å²) in [6, 6.07) is 5.96. The second kappa shape index (κ2) is 3.97. The van der Waals surface area contributed by atoms with Crippen LogP contribution in [0.3, 0.4) is 0 Å². The van der Waals surface area contributed by atoms with Gasteiger partial charge in [0.2, 0.25) is 6.29 Å². The first-order chi connectivity index (χ1) is 5.79. The summed E-state index contributed by atoms with van der Waals surface area (Å²) in [4.78, 5) is 10.3. The lowest BCUT2D eigenvalue weighted by Gasteiger charge is -2.07. The van der Waals surface area contributed by atoms with Crippen LogP contribution < -0.4 is 0 Å². The van der Waals surface area contributed by atoms with Crippen molar-refractivity contribution in [2.75, 3.05) is 7.11 Å². The van der Waals surface area contributed by atoms with Crippen molar-refractivity contribution in [1.82, 2.24) is 0 Å². The van der Waals surface area contributed by atoms with Gasteiger partial charge in [0, 0.05) is 12.7 Å². The molecule has 63 valence electrons. The van der Waals surface area contributed by atoms with E-state index in [-0.39, 0.29) is 5.56 Å². The van der Waals surface area contributed by atoms with E-state index in [9.17, 15) is 9.18 Å². The second-order valence-corrected chi connectivity index (χ2v) is 2.26. The number of methoxy groups -OCH3 is 1. The summed E-state index contributed by atoms with van der Waals surface area (Å²) in [5, 5.41) is 0. The average Bonchev–Trinajstić information content (AvgIpc) is 2.10. The van der Waals surface area contributed by atoms with Crippen LogP contribution in [0.2, 0.25) is 0 Å². The molecule has 0 aliphatic rings. The van der Waals surface area contributed by atoms with E-state index in [1.807, 2.05) is 0 Å². The van der Waals surface area contributed by atoms with Gasteiger partial charge < -0.3 is 4.74 Å². The van der Waals surface area contributed by atoms with Crippen molar-refractivity contribution in [3.8, 4) is 0 Å². The fraction of sp³-hybridized carbons (Fsp3) is 0.222. The Morgan fingerprint density at radius 1 is 1.50 bits per heavy atom. The molecule has 3 heteroatoms. The monoisotopic (exact) mass is 167 g/mol. The first kappa shape index (κ1) is 8.87. The molecule has 1 atom stereocenters. The number of benzene rings is 1. The molecule has 0 saturated heterocycles. The van der Waals surface area contributed by atoms with E-state index < -0.39 is 11.9 Å². The molecule has 0 bridgehead atoms. The fourth-order valence-electron chi connectivity index (χ4n) is 0.926. The Hall–Kier alpha value is -1.22. The molecule has 0 fully saturated rings. The summed E-state index contributed by atoms with van der Waals surface area (Å²) in [6.07, 6.45) is 0.672. The SMILES string of the molecule is CO[C@H]([C]=O)c1ccccc1F. The van der Waals surface area contributed by atoms with E-state index in [1.165, 1.54) is 19.2 Å². The molecule has 0 aliphatic carbocycles. The molecular formula is C9H8FO2. The molecular weight excluding hydrogens is 159 g/mol. The molecule has 0 aromatic heterocycles. The average molecular weight is 167 g/mol. The van der Waals surface area contributed by atoms with Crippen molar-refractivity contribution in [2.24, 2.45) is 0 Å². The van der Waals surface area contributed by atoms with Gasteiger partial charge >= 0.3 is 0 Å². The number of ether oxygens (including phenoxy) is 1. The van der Waals surface area contributed by atoms with Crippen LogP contribution in [0.5, 0.6) is 0 Å². The van der Waals surface area contributed by atoms with Crippen LogP contribution in [-0.2, 0) is 9.53 Å². The van der Waals surface area contributed by atoms with Crippen molar-refractivity contribution in [3.63, 3.8) is 0 Å². The van der Waals surface area contributed by atoms with Crippen LogP contribution in [-0.4, -0.2) is 13.4 Å². The maximum absolute atomic E-state index is 13.0. The van der Waals surface area contributed by atoms with Gasteiger partial charge in [-0.2, -0.15) is 0 Å². The lowest BCUT2D eigenvalue weighted by atomic mass is 10.1. The molecule has 0 N–H and O–H groups in total. The summed E-state index contributed by atoms with van der Waals surface area (Å²) in [6.45, 7) is 0. The third-order valence-corrected chi connectivity index (χ3v) is 1.53. The minimum atomic E-state index is -0.925. The maximum atomic E-state index is 13.0. The molecule has 1 aromatic carbocycles. The van der Waals surface area contributed by atoms with Crippen LogP contribution >= 0.6 is 0 Å². The molecule has 2 nitrogen and oxygen atoms in total. The van der Waals surface area contributed by atoms with Crippen molar-refractivity contribution in [2.45, 2.75) is 6.10 Å². The topological polar surface area (TPSA) is 26.3 Å². The standard InChI is InChI=1S/C9H8FO2/c1-12-9(6-11)7-4-2-3-5-8(7)10/h2-5,9H,1H3/t9-/m1/s1. The van der Waals surface area contributed by atoms with Crippen LogP contribution in [0, 0.1) is 5.82 Å². The van der Waals surface area contributed by atoms with Crippen molar-refractivity contribution >= 4 is 6.29 Å². The van der Waals surface area contributed by atoms with Crippen molar-refractivity contribution < 1.29 is 13.9 Å². The summed E-state index contributed by atoms with van der Waals surface area (Å²) < 4.78 is 17.7. The van der Waals surface area contributed by atoms with Gasteiger partial charge in [-0.25, -0.2) is 4.39 Å². The van der Waals surface area contributed by atoms with Gasteiger partial charge in [-0.3, -0.25) is 4.79 Å². The summed E-state index contributed by atoms with van der Waals surface area (Å²) in [7, 11) is 1.34. The molecule has 0 saturated carbocycles. The Kier molecular flexibility index (Phi) is 2.94. The first-order valence-electron chi connectivity index (χ1n) is 3.44. The maximum Gasteiger partial charge on any atom is 0.234 e. The minimum absolute atomic E-state index is 0.218. The van der Waals surface area contributed by atoms with E-state index in [2.05, 4.69) is 0 Å². The third-order valence-electron chi connectivity index (χ3n) is 1.53. The van der Waals surface area contributed by atoms with Crippen LogP contribution in [0.15, 0.2) is 24.3 Å². The second-order valence-electron chi connectivity index (χ2n) is 2.26. The van der Waals surface area contributed by atoms with Crippen LogP contribution in [0.1, 0.15) is 11.7 Å². The van der Waals surface area contributed by atoms with Gasteiger partial charge in [-0.1, -0.05) is 18.2 Å². The molecule has 1 aromatic rings. The Morgan fingerprint density at radius 3 is 2.67 bits per heavy atom. The zero-order valence-corrected chi connectivity index (χ0v) is 6.58. The van der Waals surface area contributed by atoms with Gasteiger partial charge in [-0.05, 0) is 6.07 Å². The highest BCUT2D eigenvalue weighted by Crippen LogP contribution is 2.17. The minimum Gasteiger partial charge on any atom is -0.368 e. The highest BCUT2D eigenvalue weighted by molar-refractivity contribution is 5.60. The van der Waals surface area contributed by atoms with Gasteiger partial charge in [0.15, 0.2) is 6.10 Å². The quantitative estimate of drug-likeness (QED) is 0.683. The predicted octanol–water partition coefficient (Wildman–Crippen LogP) is 1.62. The normalized spacial score (nSPS) is 12.5. The highest BCUT2D eigenvalue weighted by atomic mass is 19.1. The fourth-order valence-corrected chi connectivity index (χ4v) is 0.926. The summed E-state index contributed by atoms with van der Waals surface area (Å²) in [5.74, 6) is -0.451. The number of hydrogen-bond acceptors (Lipinski definition) is 2. The van der Waals surface area contributed by atoms with Gasteiger partial charge in [0.05, 0.1) is 0 Å². The molecule has 12 heavy (non-hydrogen) atoms. The lowest BCUT2D eigenvalue weighted by molar-refractivity contribution is 0.151. The van der Waals surface area contributed by atoms with Crippen molar-refractivity contribution in [3.05, 3.63) is 35.6 Å². The number of halogens is 1. The lowest BCUT2D eigenvalue weighted by Crippen LogP contribution is -2.04. The van der Waals surface area contributed by atoms with E-state index in [1.54, 1.807) is 18.4 Å². The van der Waals surface area contributed by atoms with Crippen LogP contribution in [0.25, 0.3) is 0 Å². The number of carbonyl (C=O) groups excluding carboxylic acids is 1. The van der Waals surface area contributed by atoms with Crippen molar-refractivity contribution in [1.29, 1.82) is 0 Å². The van der Waals surface area contributed by atoms with E-state index in [0.717, 1.165) is 0 Å². The number of hydrogen-bond donors (Lipinski definition) is 0. The Bertz CT molecular complexity index is 273. The van der Waals surface area contributed by atoms with E-state index in [0.29, 0.717) is 0 Å². The summed E-state index contributed by atoms with van der Waals surface area (Å²) in [5.41, 5.74) is 0.218. The smallest absolute Gasteiger partial charge is 0.234 e. The molecule has 1 rings (SSSR count). The zero-order valence-electron chi connectivity index (χ0n) is 6.58. The molecule has 0 amide bonds. The first-order valence-corrected chi connectivity index (χ1v) is 3.44. The number of rotatable bonds is 3. The largest absolute Gasteiger partial charge is 0.368 e. The molecule has 0 unspecified atom stereocenters. The Labute approximate surface area is 70.0 Å². The molecule has 0 heterocycles. The Morgan fingerprint density at radius 2 is 2.17 bits per heavy atom. The zero-order chi connectivity index (χ0) is 8.97. The predicted molar refractivity (Wildman–Crippen MR) is 41.8 cm³/mol. The van der Waals surface area contributed by atoms with Gasteiger partial charge in [-0.15, -0.1) is 0 Å². The van der Waals surface area contributed by atoms with Crippen LogP contribution in [0.4, 0.5) is 4.39 Å². The van der Waals surface area contributed by atoms with Gasteiger partial charge in [0.1, 0.15) is 5.82 Å². The molecule has 0 aliphatic heterocycles. The Balaban J connectivity index is 3.00. The highest BCUT2D eigenvalue weighted by Gasteiger charge is 2.13. The van der Waals surface area contributed by atoms with Gasteiger partial charge in [0.25, 0.3) is 0 Å².